The predicted molar refractivity (Wildman–Crippen MR) is 132 cm³/mol. The van der Waals surface area contributed by atoms with Crippen LogP contribution in [0.3, 0.4) is 0 Å². The molecule has 0 aliphatic heterocycles. The second-order valence-corrected chi connectivity index (χ2v) is 9.07. The maximum absolute atomic E-state index is 12.9. The summed E-state index contributed by atoms with van der Waals surface area (Å²) in [5.74, 6) is 2.32. The van der Waals surface area contributed by atoms with E-state index in [1.807, 2.05) is 61.0 Å². The Morgan fingerprint density at radius 3 is 2.59 bits per heavy atom. The highest BCUT2D eigenvalue weighted by molar-refractivity contribution is 7.99. The third-order valence-corrected chi connectivity index (χ3v) is 6.65. The van der Waals surface area contributed by atoms with Crippen LogP contribution in [0.5, 0.6) is 5.75 Å². The molecule has 0 radical (unpaired) electrons. The predicted octanol–water partition coefficient (Wildman–Crippen LogP) is 5.46. The van der Waals surface area contributed by atoms with E-state index in [9.17, 15) is 4.79 Å². The van der Waals surface area contributed by atoms with E-state index in [2.05, 4.69) is 10.2 Å². The van der Waals surface area contributed by atoms with E-state index < -0.39 is 0 Å². The first-order valence-corrected chi connectivity index (χ1v) is 12.1. The van der Waals surface area contributed by atoms with Gasteiger partial charge < -0.3 is 14.1 Å². The molecule has 0 aliphatic rings. The fraction of sp³-hybridized carbons (Fsp3) is 0.240. The average Bonchev–Trinajstić information content (AvgIpc) is 3.52. The fourth-order valence-corrected chi connectivity index (χ4v) is 4.33. The third-order valence-electron chi connectivity index (χ3n) is 5.45. The van der Waals surface area contributed by atoms with Gasteiger partial charge in [-0.15, -0.1) is 10.2 Å². The van der Waals surface area contributed by atoms with Crippen molar-refractivity contribution in [3.8, 4) is 5.75 Å². The van der Waals surface area contributed by atoms with Gasteiger partial charge in [0.2, 0.25) is 5.91 Å². The Bertz CT molecular complexity index is 1200. The van der Waals surface area contributed by atoms with E-state index in [1.54, 1.807) is 35.4 Å². The third kappa shape index (κ3) is 6.01. The minimum atomic E-state index is -0.0291. The lowest BCUT2D eigenvalue weighted by atomic mass is 10.1. The quantitative estimate of drug-likeness (QED) is 0.271. The lowest BCUT2D eigenvalue weighted by Gasteiger charge is -2.25. The molecule has 1 amide bonds. The first-order valence-electron chi connectivity index (χ1n) is 10.8. The molecule has 4 aromatic rings. The van der Waals surface area contributed by atoms with Gasteiger partial charge in [-0.2, -0.15) is 0 Å². The number of carbonyl (C=O) groups excluding carboxylic acids is 1. The second-order valence-electron chi connectivity index (χ2n) is 7.69. The van der Waals surface area contributed by atoms with E-state index >= 15 is 0 Å². The van der Waals surface area contributed by atoms with E-state index in [-0.39, 0.29) is 24.3 Å². The highest BCUT2D eigenvalue weighted by atomic mass is 35.5. The first kappa shape index (κ1) is 23.9. The Labute approximate surface area is 207 Å². The summed E-state index contributed by atoms with van der Waals surface area (Å²) >= 11 is 7.29. The van der Waals surface area contributed by atoms with Gasteiger partial charge in [0.15, 0.2) is 11.0 Å². The molecule has 2 heterocycles. The molecule has 0 saturated heterocycles. The van der Waals surface area contributed by atoms with Crippen molar-refractivity contribution in [3.05, 3.63) is 95.2 Å². The van der Waals surface area contributed by atoms with Crippen LogP contribution < -0.4 is 4.74 Å². The van der Waals surface area contributed by atoms with Crippen molar-refractivity contribution in [2.24, 2.45) is 0 Å². The molecule has 0 aliphatic carbocycles. The van der Waals surface area contributed by atoms with Gasteiger partial charge in [-0.3, -0.25) is 9.36 Å². The minimum absolute atomic E-state index is 0.00728. The summed E-state index contributed by atoms with van der Waals surface area (Å²) < 4.78 is 13.3. The SMILES string of the molecule is CC(c1ccccc1)N(C)C(=O)CSc1nnc(COc2ccc(Cl)cc2)n1Cc1ccco1. The number of aromatic nitrogens is 3. The maximum atomic E-state index is 12.9. The van der Waals surface area contributed by atoms with Gasteiger partial charge in [-0.25, -0.2) is 0 Å². The Morgan fingerprint density at radius 2 is 1.88 bits per heavy atom. The molecule has 0 bridgehead atoms. The summed E-state index contributed by atoms with van der Waals surface area (Å²) in [6.07, 6.45) is 1.62. The zero-order valence-electron chi connectivity index (χ0n) is 18.9. The molecule has 34 heavy (non-hydrogen) atoms. The molecule has 2 aromatic heterocycles. The van der Waals surface area contributed by atoms with Crippen molar-refractivity contribution >= 4 is 29.3 Å². The van der Waals surface area contributed by atoms with Crippen LogP contribution in [-0.4, -0.2) is 38.4 Å². The Balaban J connectivity index is 1.44. The van der Waals surface area contributed by atoms with E-state index in [0.717, 1.165) is 11.3 Å². The van der Waals surface area contributed by atoms with Gasteiger partial charge in [-0.1, -0.05) is 53.7 Å². The van der Waals surface area contributed by atoms with Crippen LogP contribution in [0.4, 0.5) is 0 Å². The van der Waals surface area contributed by atoms with Crippen LogP contribution >= 0.6 is 23.4 Å². The number of benzene rings is 2. The summed E-state index contributed by atoms with van der Waals surface area (Å²) in [6, 6.07) is 20.8. The monoisotopic (exact) mass is 496 g/mol. The van der Waals surface area contributed by atoms with Crippen LogP contribution in [0.25, 0.3) is 0 Å². The number of halogens is 1. The molecule has 1 unspecified atom stereocenters. The smallest absolute Gasteiger partial charge is 0.233 e. The Kier molecular flexibility index (Phi) is 7.92. The largest absolute Gasteiger partial charge is 0.486 e. The zero-order valence-corrected chi connectivity index (χ0v) is 20.5. The van der Waals surface area contributed by atoms with Gasteiger partial charge in [0.1, 0.15) is 18.1 Å². The fourth-order valence-electron chi connectivity index (χ4n) is 3.33. The van der Waals surface area contributed by atoms with Gasteiger partial charge in [-0.05, 0) is 48.9 Å². The molecular formula is C25H25ClN4O3S. The molecule has 2 aromatic carbocycles. The molecule has 9 heteroatoms. The Morgan fingerprint density at radius 1 is 1.12 bits per heavy atom. The molecule has 0 N–H and O–H groups in total. The number of carbonyl (C=O) groups is 1. The lowest BCUT2D eigenvalue weighted by molar-refractivity contribution is -0.128. The number of rotatable bonds is 10. The van der Waals surface area contributed by atoms with Crippen LogP contribution in [-0.2, 0) is 17.9 Å². The van der Waals surface area contributed by atoms with Crippen molar-refractivity contribution in [2.75, 3.05) is 12.8 Å². The number of nitrogens with zero attached hydrogens (tertiary/aromatic N) is 4. The van der Waals surface area contributed by atoms with E-state index in [4.69, 9.17) is 20.8 Å². The van der Waals surface area contributed by atoms with Crippen LogP contribution in [0.15, 0.2) is 82.6 Å². The lowest BCUT2D eigenvalue weighted by Crippen LogP contribution is -2.31. The zero-order chi connectivity index (χ0) is 23.9. The molecule has 176 valence electrons. The molecule has 0 spiro atoms. The highest BCUT2D eigenvalue weighted by Gasteiger charge is 2.20. The van der Waals surface area contributed by atoms with Crippen molar-refractivity contribution in [1.82, 2.24) is 19.7 Å². The summed E-state index contributed by atoms with van der Waals surface area (Å²) in [5.41, 5.74) is 1.09. The van der Waals surface area contributed by atoms with E-state index in [0.29, 0.717) is 28.3 Å². The molecule has 7 nitrogen and oxygen atoms in total. The molecule has 1 atom stereocenters. The summed E-state index contributed by atoms with van der Waals surface area (Å²) in [6.45, 7) is 2.67. The van der Waals surface area contributed by atoms with Crippen molar-refractivity contribution < 1.29 is 13.9 Å². The van der Waals surface area contributed by atoms with Gasteiger partial charge >= 0.3 is 0 Å². The summed E-state index contributed by atoms with van der Waals surface area (Å²) in [4.78, 5) is 14.6. The number of amides is 1. The summed E-state index contributed by atoms with van der Waals surface area (Å²) in [5, 5.41) is 9.90. The molecular weight excluding hydrogens is 472 g/mol. The average molecular weight is 497 g/mol. The number of furan rings is 1. The second kappa shape index (κ2) is 11.3. The van der Waals surface area contributed by atoms with Crippen molar-refractivity contribution in [3.63, 3.8) is 0 Å². The van der Waals surface area contributed by atoms with Gasteiger partial charge in [0.05, 0.1) is 24.6 Å². The van der Waals surface area contributed by atoms with Crippen LogP contribution in [0.2, 0.25) is 5.02 Å². The van der Waals surface area contributed by atoms with Crippen molar-refractivity contribution in [2.45, 2.75) is 31.3 Å². The van der Waals surface area contributed by atoms with Crippen LogP contribution in [0, 0.1) is 0 Å². The molecule has 4 rings (SSSR count). The number of hydrogen-bond donors (Lipinski definition) is 0. The minimum Gasteiger partial charge on any atom is -0.486 e. The van der Waals surface area contributed by atoms with Gasteiger partial charge in [0, 0.05) is 12.1 Å². The maximum Gasteiger partial charge on any atom is 0.233 e. The van der Waals surface area contributed by atoms with Crippen molar-refractivity contribution in [1.29, 1.82) is 0 Å². The summed E-state index contributed by atoms with van der Waals surface area (Å²) in [7, 11) is 1.82. The molecule has 0 fully saturated rings. The van der Waals surface area contributed by atoms with E-state index in [1.165, 1.54) is 11.8 Å². The first-order chi connectivity index (χ1) is 16.5. The normalized spacial score (nSPS) is 11.9. The Hall–Kier alpha value is -3.23. The van der Waals surface area contributed by atoms with Gasteiger partial charge in [0.25, 0.3) is 0 Å². The van der Waals surface area contributed by atoms with Crippen LogP contribution in [0.1, 0.15) is 30.1 Å². The number of thioether (sulfide) groups is 1. The number of ether oxygens (including phenoxy) is 1. The number of hydrogen-bond acceptors (Lipinski definition) is 6. The topological polar surface area (TPSA) is 73.4 Å². The standard InChI is InChI=1S/C25H25ClN4O3S/c1-18(19-7-4-3-5-8-19)29(2)24(31)17-34-25-28-27-23(30(25)15-22-9-6-14-32-22)16-33-21-12-10-20(26)11-13-21/h3-14,18H,15-17H2,1-2H3. The highest BCUT2D eigenvalue weighted by Crippen LogP contribution is 2.24. The molecule has 0 saturated carbocycles.